The average Bonchev–Trinajstić information content (AvgIpc) is 2.61. The van der Waals surface area contributed by atoms with Crippen molar-refractivity contribution in [3.05, 3.63) is 23.8 Å². The van der Waals surface area contributed by atoms with Gasteiger partial charge in [-0.2, -0.15) is 0 Å². The highest BCUT2D eigenvalue weighted by atomic mass is 16.5. The second-order valence-corrected chi connectivity index (χ2v) is 7.14. The Bertz CT molecular complexity index is 579. The van der Waals surface area contributed by atoms with Crippen LogP contribution < -0.4 is 10.2 Å². The van der Waals surface area contributed by atoms with Gasteiger partial charge in [0.1, 0.15) is 0 Å². The fourth-order valence-electron chi connectivity index (χ4n) is 3.40. The number of hydrogen-bond acceptors (Lipinski definition) is 4. The molecule has 1 atom stereocenters. The van der Waals surface area contributed by atoms with E-state index in [1.165, 1.54) is 0 Å². The third-order valence-electron chi connectivity index (χ3n) is 3.90. The standard InChI is InChI=1S/C16H22N2O3/c1-15(2)8-18(9-16(3,4)21-15)10-5-6-11-12(7-10)17-14(20)13(11)19/h5-7,13,19H,8-9H2,1-4H3,(H,17,20). The molecule has 1 aromatic rings. The fraction of sp³-hybridized carbons (Fsp3) is 0.562. The number of rotatable bonds is 1. The van der Waals surface area contributed by atoms with Crippen LogP contribution in [0.3, 0.4) is 0 Å². The zero-order chi connectivity index (χ0) is 15.4. The molecule has 3 rings (SSSR count). The molecule has 2 N–H and O–H groups in total. The van der Waals surface area contributed by atoms with Gasteiger partial charge in [0.05, 0.1) is 11.2 Å². The van der Waals surface area contributed by atoms with Gasteiger partial charge in [0.25, 0.3) is 5.91 Å². The number of carbonyl (C=O) groups excluding carboxylic acids is 1. The van der Waals surface area contributed by atoms with E-state index in [-0.39, 0.29) is 17.1 Å². The summed E-state index contributed by atoms with van der Waals surface area (Å²) in [5, 5.41) is 12.5. The van der Waals surface area contributed by atoms with Crippen LogP contribution >= 0.6 is 0 Å². The van der Waals surface area contributed by atoms with Crippen LogP contribution in [0.1, 0.15) is 39.4 Å². The molecule has 5 nitrogen and oxygen atoms in total. The van der Waals surface area contributed by atoms with Gasteiger partial charge < -0.3 is 20.1 Å². The van der Waals surface area contributed by atoms with Crippen molar-refractivity contribution < 1.29 is 14.6 Å². The van der Waals surface area contributed by atoms with Crippen molar-refractivity contribution >= 4 is 17.3 Å². The van der Waals surface area contributed by atoms with E-state index in [0.29, 0.717) is 11.3 Å². The molecule has 1 saturated heterocycles. The highest BCUT2D eigenvalue weighted by Gasteiger charge is 2.38. The Morgan fingerprint density at radius 2 is 1.86 bits per heavy atom. The van der Waals surface area contributed by atoms with Gasteiger partial charge in [-0.15, -0.1) is 0 Å². The number of ether oxygens (including phenoxy) is 1. The van der Waals surface area contributed by atoms with Crippen LogP contribution in [0.2, 0.25) is 0 Å². The molecule has 0 spiro atoms. The molecule has 1 fully saturated rings. The highest BCUT2D eigenvalue weighted by Crippen LogP contribution is 2.37. The number of fused-ring (bicyclic) bond motifs is 1. The van der Waals surface area contributed by atoms with Crippen molar-refractivity contribution in [2.24, 2.45) is 0 Å². The number of carbonyl (C=O) groups is 1. The van der Waals surface area contributed by atoms with Crippen LogP contribution in [0, 0.1) is 0 Å². The lowest BCUT2D eigenvalue weighted by Crippen LogP contribution is -2.57. The van der Waals surface area contributed by atoms with Crippen LogP contribution in [0.15, 0.2) is 18.2 Å². The zero-order valence-electron chi connectivity index (χ0n) is 12.9. The number of nitrogens with one attached hydrogen (secondary N) is 1. The van der Waals surface area contributed by atoms with E-state index in [1.54, 1.807) is 0 Å². The molecule has 0 bridgehead atoms. The number of aliphatic hydroxyl groups excluding tert-OH is 1. The first-order valence-corrected chi connectivity index (χ1v) is 7.25. The first-order chi connectivity index (χ1) is 9.67. The van der Waals surface area contributed by atoms with E-state index in [2.05, 4.69) is 37.9 Å². The fourth-order valence-corrected chi connectivity index (χ4v) is 3.40. The molecule has 0 aliphatic carbocycles. The summed E-state index contributed by atoms with van der Waals surface area (Å²) in [6, 6.07) is 5.71. The van der Waals surface area contributed by atoms with E-state index >= 15 is 0 Å². The average molecular weight is 290 g/mol. The molecule has 2 heterocycles. The molecule has 1 unspecified atom stereocenters. The molecule has 5 heteroatoms. The molecule has 1 amide bonds. The molecule has 0 aromatic heterocycles. The lowest BCUT2D eigenvalue weighted by molar-refractivity contribution is -0.133. The second kappa shape index (κ2) is 4.45. The van der Waals surface area contributed by atoms with Gasteiger partial charge in [0, 0.05) is 30.0 Å². The Hall–Kier alpha value is -1.59. The molecular formula is C16H22N2O3. The van der Waals surface area contributed by atoms with E-state index in [1.807, 2.05) is 18.2 Å². The summed E-state index contributed by atoms with van der Waals surface area (Å²) in [6.07, 6.45) is -1.05. The lowest BCUT2D eigenvalue weighted by Gasteiger charge is -2.48. The summed E-state index contributed by atoms with van der Waals surface area (Å²) in [5.74, 6) is -0.357. The Balaban J connectivity index is 1.91. The van der Waals surface area contributed by atoms with Gasteiger partial charge in [-0.3, -0.25) is 4.79 Å². The first-order valence-electron chi connectivity index (χ1n) is 7.25. The monoisotopic (exact) mass is 290 g/mol. The predicted octanol–water partition coefficient (Wildman–Crippen LogP) is 2.07. The first kappa shape index (κ1) is 14.4. The highest BCUT2D eigenvalue weighted by molar-refractivity contribution is 6.02. The number of amides is 1. The molecule has 2 aliphatic heterocycles. The summed E-state index contributed by atoms with van der Waals surface area (Å²) in [5.41, 5.74) is 1.92. The summed E-state index contributed by atoms with van der Waals surface area (Å²) < 4.78 is 6.09. The minimum atomic E-state index is -1.05. The summed E-state index contributed by atoms with van der Waals surface area (Å²) in [6.45, 7) is 9.90. The molecule has 21 heavy (non-hydrogen) atoms. The molecule has 2 aliphatic rings. The number of anilines is 2. The minimum Gasteiger partial charge on any atom is -0.378 e. The third-order valence-corrected chi connectivity index (χ3v) is 3.90. The Morgan fingerprint density at radius 1 is 1.24 bits per heavy atom. The number of nitrogens with zero attached hydrogens (tertiary/aromatic N) is 1. The van der Waals surface area contributed by atoms with Gasteiger partial charge in [0.15, 0.2) is 6.10 Å². The predicted molar refractivity (Wildman–Crippen MR) is 81.5 cm³/mol. The molecule has 114 valence electrons. The summed E-state index contributed by atoms with van der Waals surface area (Å²) in [7, 11) is 0. The van der Waals surface area contributed by atoms with Crippen molar-refractivity contribution in [3.63, 3.8) is 0 Å². The Kier molecular flexibility index (Phi) is 3.04. The normalized spacial score (nSPS) is 26.4. The van der Waals surface area contributed by atoms with Gasteiger partial charge in [-0.05, 0) is 39.8 Å². The lowest BCUT2D eigenvalue weighted by atomic mass is 9.98. The van der Waals surface area contributed by atoms with Gasteiger partial charge in [-0.25, -0.2) is 0 Å². The number of aliphatic hydroxyl groups is 1. The second-order valence-electron chi connectivity index (χ2n) is 7.14. The minimum absolute atomic E-state index is 0.233. The van der Waals surface area contributed by atoms with Crippen LogP contribution in [0.4, 0.5) is 11.4 Å². The van der Waals surface area contributed by atoms with Crippen molar-refractivity contribution in [1.82, 2.24) is 0 Å². The summed E-state index contributed by atoms with van der Waals surface area (Å²) >= 11 is 0. The van der Waals surface area contributed by atoms with Crippen LogP contribution in [-0.4, -0.2) is 35.3 Å². The van der Waals surface area contributed by atoms with Crippen molar-refractivity contribution in [2.45, 2.75) is 45.0 Å². The topological polar surface area (TPSA) is 61.8 Å². The maximum atomic E-state index is 11.5. The largest absolute Gasteiger partial charge is 0.378 e. The molecule has 0 saturated carbocycles. The van der Waals surface area contributed by atoms with Crippen LogP contribution in [0.25, 0.3) is 0 Å². The van der Waals surface area contributed by atoms with E-state index in [9.17, 15) is 9.90 Å². The quantitative estimate of drug-likeness (QED) is 0.831. The van der Waals surface area contributed by atoms with Crippen molar-refractivity contribution in [2.75, 3.05) is 23.3 Å². The number of morpholine rings is 1. The number of benzene rings is 1. The van der Waals surface area contributed by atoms with E-state index in [4.69, 9.17) is 4.74 Å². The summed E-state index contributed by atoms with van der Waals surface area (Å²) in [4.78, 5) is 13.8. The van der Waals surface area contributed by atoms with E-state index < -0.39 is 6.10 Å². The molecule has 0 radical (unpaired) electrons. The smallest absolute Gasteiger partial charge is 0.257 e. The molecular weight excluding hydrogens is 268 g/mol. The molecule has 1 aromatic carbocycles. The van der Waals surface area contributed by atoms with Gasteiger partial charge >= 0.3 is 0 Å². The maximum absolute atomic E-state index is 11.5. The van der Waals surface area contributed by atoms with Crippen molar-refractivity contribution in [3.8, 4) is 0 Å². The SMILES string of the molecule is CC1(C)CN(c2ccc3c(c2)NC(=O)C3O)CC(C)(C)O1. The van der Waals surface area contributed by atoms with E-state index in [0.717, 1.165) is 18.8 Å². The zero-order valence-corrected chi connectivity index (χ0v) is 12.9. The van der Waals surface area contributed by atoms with Gasteiger partial charge in [0.2, 0.25) is 0 Å². The van der Waals surface area contributed by atoms with Crippen molar-refractivity contribution in [1.29, 1.82) is 0 Å². The third kappa shape index (κ3) is 2.63. The number of hydrogen-bond donors (Lipinski definition) is 2. The Labute approximate surface area is 124 Å². The van der Waals surface area contributed by atoms with Gasteiger partial charge in [-0.1, -0.05) is 6.07 Å². The maximum Gasteiger partial charge on any atom is 0.257 e. The van der Waals surface area contributed by atoms with Crippen LogP contribution in [-0.2, 0) is 9.53 Å². The van der Waals surface area contributed by atoms with Crippen LogP contribution in [0.5, 0.6) is 0 Å². The Morgan fingerprint density at radius 3 is 2.48 bits per heavy atom.